The minimum Gasteiger partial charge on any atom is -0.310 e. The Morgan fingerprint density at radius 3 is 1.67 bits per heavy atom. The third kappa shape index (κ3) is 5.11. The average Bonchev–Trinajstić information content (AvgIpc) is 3.57. The van der Waals surface area contributed by atoms with Gasteiger partial charge in [0, 0.05) is 22.4 Å². The minimum absolute atomic E-state index is 0.466. The lowest BCUT2D eigenvalue weighted by atomic mass is 9.64. The Bertz CT molecular complexity index is 2840. The van der Waals surface area contributed by atoms with Gasteiger partial charge in [0.1, 0.15) is 0 Å². The van der Waals surface area contributed by atoms with E-state index in [0.717, 1.165) is 45.2 Å². The number of para-hydroxylation sites is 3. The highest BCUT2D eigenvalue weighted by molar-refractivity contribution is 6.07. The van der Waals surface area contributed by atoms with Crippen LogP contribution in [-0.4, -0.2) is 5.84 Å². The van der Waals surface area contributed by atoms with E-state index in [4.69, 9.17) is 4.99 Å². The molecule has 57 heavy (non-hydrogen) atoms. The van der Waals surface area contributed by atoms with E-state index < -0.39 is 5.41 Å². The second kappa shape index (κ2) is 13.1. The van der Waals surface area contributed by atoms with Crippen molar-refractivity contribution in [2.24, 2.45) is 4.99 Å². The van der Waals surface area contributed by atoms with Gasteiger partial charge in [0.15, 0.2) is 5.84 Å². The van der Waals surface area contributed by atoms with Gasteiger partial charge < -0.3 is 4.90 Å². The van der Waals surface area contributed by atoms with Crippen molar-refractivity contribution in [1.29, 1.82) is 0 Å². The van der Waals surface area contributed by atoms with Crippen molar-refractivity contribution in [3.8, 4) is 22.3 Å². The molecule has 1 spiro atoms. The summed E-state index contributed by atoms with van der Waals surface area (Å²) in [4.78, 5) is 7.64. The number of hydrogen-bond donors (Lipinski definition) is 2. The number of aliphatic imine (C=N–C) groups is 1. The van der Waals surface area contributed by atoms with Gasteiger partial charge in [-0.1, -0.05) is 175 Å². The van der Waals surface area contributed by atoms with Crippen molar-refractivity contribution in [2.45, 2.75) is 12.3 Å². The Labute approximate surface area is 333 Å². The van der Waals surface area contributed by atoms with Gasteiger partial charge in [-0.05, 0) is 81.8 Å². The Balaban J connectivity index is 1.01. The van der Waals surface area contributed by atoms with E-state index in [1.54, 1.807) is 0 Å². The zero-order valence-corrected chi connectivity index (χ0v) is 31.4. The summed E-state index contributed by atoms with van der Waals surface area (Å²) in [6, 6.07) is 72.4. The first kappa shape index (κ1) is 33.0. The zero-order chi connectivity index (χ0) is 37.9. The number of aryl methyl sites for hydroxylation is 1. The molecule has 3 aliphatic rings. The molecule has 0 radical (unpaired) electrons. The Kier molecular flexibility index (Phi) is 7.58. The van der Waals surface area contributed by atoms with Crippen LogP contribution in [0, 0.1) is 6.92 Å². The van der Waals surface area contributed by atoms with E-state index in [2.05, 4.69) is 217 Å². The third-order valence-electron chi connectivity index (χ3n) is 11.8. The van der Waals surface area contributed by atoms with Gasteiger partial charge in [-0.3, -0.25) is 10.9 Å². The fourth-order valence-electron chi connectivity index (χ4n) is 9.21. The molecule has 0 saturated carbocycles. The topological polar surface area (TPSA) is 39.7 Å². The fourth-order valence-corrected chi connectivity index (χ4v) is 9.21. The molecule has 0 saturated heterocycles. The summed E-state index contributed by atoms with van der Waals surface area (Å²) in [6.07, 6.45) is 0. The van der Waals surface area contributed by atoms with Crippen LogP contribution < -0.4 is 15.8 Å². The van der Waals surface area contributed by atoms with Crippen molar-refractivity contribution in [3.63, 3.8) is 0 Å². The largest absolute Gasteiger partial charge is 0.310 e. The summed E-state index contributed by atoms with van der Waals surface area (Å²) >= 11 is 0. The first-order valence-corrected chi connectivity index (χ1v) is 19.6. The van der Waals surface area contributed by atoms with Crippen LogP contribution in [0.3, 0.4) is 0 Å². The van der Waals surface area contributed by atoms with Gasteiger partial charge >= 0.3 is 0 Å². The van der Waals surface area contributed by atoms with Crippen LogP contribution in [0.1, 0.15) is 44.5 Å². The summed E-state index contributed by atoms with van der Waals surface area (Å²) in [6.45, 7) is 2.11. The SMILES string of the molecule is Cc1ccc(C2=C(c3ccccc3)NNC(c3ccc(-c4ccc5c(c4)-c4ccccc4C54c5ccccc5N(c5ccccc5)c5ccccc54)cc3)=N2)cc1. The van der Waals surface area contributed by atoms with Crippen molar-refractivity contribution < 1.29 is 0 Å². The maximum Gasteiger partial charge on any atom is 0.152 e. The molecule has 2 heterocycles. The smallest absolute Gasteiger partial charge is 0.152 e. The first-order valence-electron chi connectivity index (χ1n) is 19.6. The fraction of sp³-hybridized carbons (Fsp3) is 0.0377. The van der Waals surface area contributed by atoms with Crippen LogP contribution in [0.5, 0.6) is 0 Å². The Morgan fingerprint density at radius 1 is 0.421 bits per heavy atom. The highest BCUT2D eigenvalue weighted by Gasteiger charge is 2.51. The molecule has 4 nitrogen and oxygen atoms in total. The molecule has 2 N–H and O–H groups in total. The van der Waals surface area contributed by atoms with Crippen LogP contribution in [0.4, 0.5) is 17.1 Å². The normalized spacial score (nSPS) is 14.5. The second-order valence-electron chi connectivity index (χ2n) is 15.0. The van der Waals surface area contributed by atoms with Crippen LogP contribution in [0.25, 0.3) is 33.6 Å². The molecular formula is C53H38N4. The maximum absolute atomic E-state index is 5.21. The number of amidine groups is 1. The number of nitrogens with one attached hydrogen (secondary N) is 2. The molecule has 0 unspecified atom stereocenters. The molecule has 2 aliphatic heterocycles. The number of fused-ring (bicyclic) bond motifs is 9. The molecule has 0 fully saturated rings. The van der Waals surface area contributed by atoms with Crippen LogP contribution >= 0.6 is 0 Å². The number of benzene rings is 8. The number of rotatable bonds is 5. The molecule has 0 amide bonds. The summed E-state index contributed by atoms with van der Waals surface area (Å²) < 4.78 is 0. The average molecular weight is 731 g/mol. The van der Waals surface area contributed by atoms with Crippen LogP contribution in [0.2, 0.25) is 0 Å². The van der Waals surface area contributed by atoms with E-state index in [-0.39, 0.29) is 0 Å². The summed E-state index contributed by atoms with van der Waals surface area (Å²) in [5, 5.41) is 0. The van der Waals surface area contributed by atoms with Crippen molar-refractivity contribution >= 4 is 34.3 Å². The van der Waals surface area contributed by atoms with Gasteiger partial charge in [0.2, 0.25) is 0 Å². The molecule has 8 aromatic rings. The predicted octanol–water partition coefficient (Wildman–Crippen LogP) is 12.2. The van der Waals surface area contributed by atoms with Gasteiger partial charge in [0.25, 0.3) is 0 Å². The van der Waals surface area contributed by atoms with Crippen LogP contribution in [0.15, 0.2) is 205 Å². The Hall–Kier alpha value is -7.43. The highest BCUT2D eigenvalue weighted by Crippen LogP contribution is 2.63. The van der Waals surface area contributed by atoms with E-state index in [0.29, 0.717) is 0 Å². The first-order chi connectivity index (χ1) is 28.2. The highest BCUT2D eigenvalue weighted by atomic mass is 15.4. The summed E-state index contributed by atoms with van der Waals surface area (Å²) in [5.74, 6) is 0.779. The summed E-state index contributed by atoms with van der Waals surface area (Å²) in [7, 11) is 0. The van der Waals surface area contributed by atoms with E-state index >= 15 is 0 Å². The van der Waals surface area contributed by atoms with Gasteiger partial charge in [-0.15, -0.1) is 0 Å². The van der Waals surface area contributed by atoms with Gasteiger partial charge in [-0.25, -0.2) is 4.99 Å². The van der Waals surface area contributed by atoms with E-state index in [1.165, 1.54) is 55.9 Å². The second-order valence-corrected chi connectivity index (χ2v) is 15.0. The predicted molar refractivity (Wildman–Crippen MR) is 235 cm³/mol. The zero-order valence-electron chi connectivity index (χ0n) is 31.4. The van der Waals surface area contributed by atoms with Crippen molar-refractivity contribution in [2.75, 3.05) is 4.90 Å². The number of anilines is 3. The van der Waals surface area contributed by atoms with Crippen molar-refractivity contribution in [1.82, 2.24) is 10.9 Å². The maximum atomic E-state index is 5.21. The molecule has 11 rings (SSSR count). The molecule has 0 aromatic heterocycles. The molecule has 4 heteroatoms. The summed E-state index contributed by atoms with van der Waals surface area (Å²) in [5.41, 5.74) is 26.3. The lowest BCUT2D eigenvalue weighted by Gasteiger charge is -2.45. The Morgan fingerprint density at radius 2 is 0.965 bits per heavy atom. The number of nitrogens with zero attached hydrogens (tertiary/aromatic N) is 2. The quantitative estimate of drug-likeness (QED) is 0.185. The van der Waals surface area contributed by atoms with Gasteiger partial charge in [0.05, 0.1) is 28.2 Å². The molecule has 8 aromatic carbocycles. The molecule has 0 atom stereocenters. The molecule has 1 aliphatic carbocycles. The van der Waals surface area contributed by atoms with E-state index in [9.17, 15) is 0 Å². The lowest BCUT2D eigenvalue weighted by molar-refractivity contribution is 0.753. The minimum atomic E-state index is -0.466. The molecule has 270 valence electrons. The number of hydrogen-bond acceptors (Lipinski definition) is 4. The third-order valence-corrected chi connectivity index (χ3v) is 11.8. The lowest BCUT2D eigenvalue weighted by Crippen LogP contribution is -2.40. The van der Waals surface area contributed by atoms with Crippen LogP contribution in [-0.2, 0) is 5.41 Å². The molecule has 0 bridgehead atoms. The number of hydrazine groups is 1. The monoisotopic (exact) mass is 730 g/mol. The van der Waals surface area contributed by atoms with E-state index in [1.807, 2.05) is 6.07 Å². The van der Waals surface area contributed by atoms with Crippen molar-refractivity contribution in [3.05, 3.63) is 245 Å². The standard InChI is InChI=1S/C53H38N4/c1-35-24-26-38(27-25-35)50-51(37-14-4-2-5-15-37)55-56-52(54-50)39-30-28-36(29-31-39)40-32-33-45-43(34-40)42-18-8-9-19-44(42)53(45)46-20-10-12-22-48(46)57(41-16-6-3-7-17-41)49-23-13-11-21-47(49)53/h2-34,55H,1H3,(H,54,56). The molecular weight excluding hydrogens is 693 g/mol. The van der Waals surface area contributed by atoms with Gasteiger partial charge in [-0.2, -0.15) is 0 Å².